The molecule has 1 heterocycles. The summed E-state index contributed by atoms with van der Waals surface area (Å²) in [5.41, 5.74) is 0.877. The van der Waals surface area contributed by atoms with Gasteiger partial charge >= 0.3 is 5.97 Å². The first-order valence-electron chi connectivity index (χ1n) is 4.18. The molecule has 0 atom stereocenters. The van der Waals surface area contributed by atoms with Gasteiger partial charge in [-0.2, -0.15) is 0 Å². The molecule has 0 saturated carbocycles. The Morgan fingerprint density at radius 2 is 2.38 bits per heavy atom. The zero-order valence-electron chi connectivity index (χ0n) is 8.03. The molecular weight excluding hydrogens is 170 g/mol. The van der Waals surface area contributed by atoms with Gasteiger partial charge in [0.25, 0.3) is 0 Å². The van der Waals surface area contributed by atoms with Gasteiger partial charge in [0.15, 0.2) is 12.4 Å². The molecule has 1 rings (SSSR count). The first-order valence-corrected chi connectivity index (χ1v) is 4.18. The van der Waals surface area contributed by atoms with Gasteiger partial charge in [0.05, 0.1) is 5.69 Å². The van der Waals surface area contributed by atoms with Crippen LogP contribution in [0.15, 0.2) is 10.6 Å². The zero-order valence-corrected chi connectivity index (χ0v) is 8.03. The number of carbonyl (C=O) groups excluding carboxylic acids is 1. The van der Waals surface area contributed by atoms with Crippen molar-refractivity contribution in [2.75, 3.05) is 0 Å². The first kappa shape index (κ1) is 9.77. The van der Waals surface area contributed by atoms with E-state index in [0.29, 0.717) is 11.7 Å². The lowest BCUT2D eigenvalue weighted by Crippen LogP contribution is -1.97. The van der Waals surface area contributed by atoms with Crippen molar-refractivity contribution < 1.29 is 14.1 Å². The summed E-state index contributed by atoms with van der Waals surface area (Å²) in [5.74, 6) is 0.594. The molecular formula is C9H13NO3. The maximum Gasteiger partial charge on any atom is 0.303 e. The van der Waals surface area contributed by atoms with Gasteiger partial charge in [0, 0.05) is 13.0 Å². The Bertz CT molecular complexity index is 291. The zero-order chi connectivity index (χ0) is 9.84. The number of esters is 1. The molecule has 0 unspecified atom stereocenters. The quantitative estimate of drug-likeness (QED) is 0.671. The molecule has 0 radical (unpaired) electrons. The smallest absolute Gasteiger partial charge is 0.303 e. The molecule has 0 saturated heterocycles. The number of hydrogen-bond acceptors (Lipinski definition) is 4. The van der Waals surface area contributed by atoms with E-state index in [2.05, 4.69) is 5.16 Å². The van der Waals surface area contributed by atoms with Crippen molar-refractivity contribution >= 4 is 5.97 Å². The van der Waals surface area contributed by atoms with E-state index in [0.717, 1.165) is 5.69 Å². The molecule has 4 nitrogen and oxygen atoms in total. The van der Waals surface area contributed by atoms with E-state index in [1.165, 1.54) is 6.92 Å². The lowest BCUT2D eigenvalue weighted by atomic mass is 10.1. The molecule has 72 valence electrons. The van der Waals surface area contributed by atoms with Crippen molar-refractivity contribution in [3.8, 4) is 0 Å². The highest BCUT2D eigenvalue weighted by molar-refractivity contribution is 5.65. The summed E-state index contributed by atoms with van der Waals surface area (Å²) < 4.78 is 9.70. The standard InChI is InChI=1S/C9H13NO3/c1-6(2)9-4-8(13-10-9)5-12-7(3)11/h4,6H,5H2,1-3H3. The molecule has 0 spiro atoms. The van der Waals surface area contributed by atoms with Gasteiger partial charge in [0.1, 0.15) is 0 Å². The Balaban J connectivity index is 2.54. The SMILES string of the molecule is CC(=O)OCc1cc(C(C)C)no1. The third kappa shape index (κ3) is 2.89. The van der Waals surface area contributed by atoms with Crippen LogP contribution in [-0.2, 0) is 16.1 Å². The maximum atomic E-state index is 10.5. The van der Waals surface area contributed by atoms with Crippen molar-refractivity contribution in [3.05, 3.63) is 17.5 Å². The van der Waals surface area contributed by atoms with Crippen molar-refractivity contribution in [2.24, 2.45) is 0 Å². The Labute approximate surface area is 76.9 Å². The lowest BCUT2D eigenvalue weighted by Gasteiger charge is -1.95. The first-order chi connectivity index (χ1) is 6.09. The number of ether oxygens (including phenoxy) is 1. The molecule has 0 aliphatic carbocycles. The second-order valence-electron chi connectivity index (χ2n) is 3.15. The minimum atomic E-state index is -0.317. The van der Waals surface area contributed by atoms with Crippen LogP contribution in [0, 0.1) is 0 Å². The van der Waals surface area contributed by atoms with Gasteiger partial charge < -0.3 is 9.26 Å². The summed E-state index contributed by atoms with van der Waals surface area (Å²) in [4.78, 5) is 10.5. The van der Waals surface area contributed by atoms with Crippen LogP contribution in [-0.4, -0.2) is 11.1 Å². The van der Waals surface area contributed by atoms with Crippen molar-refractivity contribution in [2.45, 2.75) is 33.3 Å². The van der Waals surface area contributed by atoms with Crippen LogP contribution < -0.4 is 0 Å². The van der Waals surface area contributed by atoms with Gasteiger partial charge in [-0.05, 0) is 5.92 Å². The van der Waals surface area contributed by atoms with Gasteiger partial charge in [0.2, 0.25) is 0 Å². The van der Waals surface area contributed by atoms with E-state index in [9.17, 15) is 4.79 Å². The second kappa shape index (κ2) is 4.07. The predicted octanol–water partition coefficient (Wildman–Crippen LogP) is 1.86. The van der Waals surface area contributed by atoms with Crippen LogP contribution in [0.3, 0.4) is 0 Å². The van der Waals surface area contributed by atoms with Crippen LogP contribution in [0.2, 0.25) is 0 Å². The molecule has 0 fully saturated rings. The van der Waals surface area contributed by atoms with Crippen molar-refractivity contribution in [1.82, 2.24) is 5.16 Å². The Hall–Kier alpha value is -1.32. The highest BCUT2D eigenvalue weighted by Crippen LogP contribution is 2.14. The lowest BCUT2D eigenvalue weighted by molar-refractivity contribution is -0.142. The Morgan fingerprint density at radius 1 is 1.69 bits per heavy atom. The minimum absolute atomic E-state index is 0.162. The summed E-state index contributed by atoms with van der Waals surface area (Å²) >= 11 is 0. The molecule has 0 amide bonds. The van der Waals surface area contributed by atoms with E-state index >= 15 is 0 Å². The van der Waals surface area contributed by atoms with Crippen LogP contribution in [0.5, 0.6) is 0 Å². The van der Waals surface area contributed by atoms with Crippen LogP contribution >= 0.6 is 0 Å². The van der Waals surface area contributed by atoms with Gasteiger partial charge in [-0.3, -0.25) is 4.79 Å². The van der Waals surface area contributed by atoms with E-state index in [-0.39, 0.29) is 12.6 Å². The fraction of sp³-hybridized carbons (Fsp3) is 0.556. The summed E-state index contributed by atoms with van der Waals surface area (Å²) in [6.45, 7) is 5.57. The van der Waals surface area contributed by atoms with Crippen LogP contribution in [0.4, 0.5) is 0 Å². The average Bonchev–Trinajstić information content (AvgIpc) is 2.48. The minimum Gasteiger partial charge on any atom is -0.458 e. The highest BCUT2D eigenvalue weighted by Gasteiger charge is 2.07. The molecule has 0 aromatic carbocycles. The molecule has 1 aromatic rings. The summed E-state index contributed by atoms with van der Waals surface area (Å²) in [6.07, 6.45) is 0. The molecule has 0 aliphatic heterocycles. The van der Waals surface area contributed by atoms with E-state index in [1.807, 2.05) is 13.8 Å². The highest BCUT2D eigenvalue weighted by atomic mass is 16.5. The van der Waals surface area contributed by atoms with Crippen LogP contribution in [0.1, 0.15) is 38.1 Å². The molecule has 0 N–H and O–H groups in total. The maximum absolute atomic E-state index is 10.5. The van der Waals surface area contributed by atoms with E-state index < -0.39 is 0 Å². The van der Waals surface area contributed by atoms with E-state index in [1.54, 1.807) is 6.07 Å². The number of carbonyl (C=O) groups is 1. The molecule has 4 heteroatoms. The monoisotopic (exact) mass is 183 g/mol. The summed E-state index contributed by atoms with van der Waals surface area (Å²) in [5, 5.41) is 3.83. The molecule has 13 heavy (non-hydrogen) atoms. The largest absolute Gasteiger partial charge is 0.458 e. The summed E-state index contributed by atoms with van der Waals surface area (Å²) in [7, 11) is 0. The number of hydrogen-bond donors (Lipinski definition) is 0. The van der Waals surface area contributed by atoms with Crippen molar-refractivity contribution in [3.63, 3.8) is 0 Å². The average molecular weight is 183 g/mol. The third-order valence-corrected chi connectivity index (χ3v) is 1.59. The third-order valence-electron chi connectivity index (χ3n) is 1.59. The van der Waals surface area contributed by atoms with Gasteiger partial charge in [-0.15, -0.1) is 0 Å². The number of aromatic nitrogens is 1. The predicted molar refractivity (Wildman–Crippen MR) is 46.1 cm³/mol. The Morgan fingerprint density at radius 3 is 2.85 bits per heavy atom. The van der Waals surface area contributed by atoms with E-state index in [4.69, 9.17) is 9.26 Å². The second-order valence-corrected chi connectivity index (χ2v) is 3.15. The molecule has 1 aromatic heterocycles. The number of nitrogens with zero attached hydrogens (tertiary/aromatic N) is 1. The molecule has 0 bridgehead atoms. The Kier molecular flexibility index (Phi) is 3.06. The van der Waals surface area contributed by atoms with Crippen molar-refractivity contribution in [1.29, 1.82) is 0 Å². The fourth-order valence-electron chi connectivity index (χ4n) is 0.842. The topological polar surface area (TPSA) is 52.3 Å². The fourth-order valence-corrected chi connectivity index (χ4v) is 0.842. The summed E-state index contributed by atoms with van der Waals surface area (Å²) in [6, 6.07) is 1.80. The normalized spacial score (nSPS) is 10.5. The van der Waals surface area contributed by atoms with Gasteiger partial charge in [-0.1, -0.05) is 19.0 Å². The van der Waals surface area contributed by atoms with Crippen LogP contribution in [0.25, 0.3) is 0 Å². The number of rotatable bonds is 3. The van der Waals surface area contributed by atoms with Gasteiger partial charge in [-0.25, -0.2) is 0 Å². The molecule has 0 aliphatic rings.